The lowest BCUT2D eigenvalue weighted by atomic mass is 9.91. The van der Waals surface area contributed by atoms with Gasteiger partial charge in [0.1, 0.15) is 0 Å². The number of rotatable bonds is 9. The maximum Gasteiger partial charge on any atom is 0.234 e. The first-order valence-electron chi connectivity index (χ1n) is 11.4. The minimum atomic E-state index is 0.0584. The number of hydrogen-bond donors (Lipinski definition) is 1. The van der Waals surface area contributed by atoms with Crippen LogP contribution in [-0.4, -0.2) is 70.0 Å². The molecule has 172 valence electrons. The van der Waals surface area contributed by atoms with E-state index in [1.165, 1.54) is 0 Å². The summed E-state index contributed by atoms with van der Waals surface area (Å²) in [5.41, 5.74) is 4.55. The first-order chi connectivity index (χ1) is 15.5. The normalized spacial score (nSPS) is 17.2. The summed E-state index contributed by atoms with van der Waals surface area (Å²) in [5.74, 6) is 0.965. The van der Waals surface area contributed by atoms with E-state index in [1.54, 1.807) is 0 Å². The fourth-order valence-corrected chi connectivity index (χ4v) is 4.37. The summed E-state index contributed by atoms with van der Waals surface area (Å²) >= 11 is 0. The molecule has 1 aliphatic heterocycles. The van der Waals surface area contributed by atoms with Crippen molar-refractivity contribution in [3.05, 3.63) is 35.4 Å². The second-order valence-electron chi connectivity index (χ2n) is 8.42. The lowest BCUT2D eigenvalue weighted by Gasteiger charge is -2.33. The Morgan fingerprint density at radius 3 is 2.97 bits per heavy atom. The average Bonchev–Trinajstić information content (AvgIpc) is 3.37. The van der Waals surface area contributed by atoms with E-state index in [1.807, 2.05) is 43.6 Å². The number of fused-ring (bicyclic) bond motifs is 1. The molecule has 0 spiro atoms. The molecular weight excluding hydrogens is 408 g/mol. The van der Waals surface area contributed by atoms with Crippen LogP contribution in [0.1, 0.15) is 49.2 Å². The molecule has 4 heterocycles. The predicted octanol–water partition coefficient (Wildman–Crippen LogP) is 2.72. The fourth-order valence-electron chi connectivity index (χ4n) is 4.37. The van der Waals surface area contributed by atoms with Crippen LogP contribution in [0.5, 0.6) is 0 Å². The maximum atomic E-state index is 12.4. The maximum absolute atomic E-state index is 12.4. The number of carbonyl (C=O) groups excluding carboxylic acids is 1. The third-order valence-corrected chi connectivity index (χ3v) is 5.79. The molecule has 0 aromatic carbocycles. The Morgan fingerprint density at radius 1 is 1.31 bits per heavy atom. The van der Waals surface area contributed by atoms with Crippen LogP contribution in [0.3, 0.4) is 0 Å². The molecule has 3 aromatic heterocycles. The van der Waals surface area contributed by atoms with Crippen molar-refractivity contribution in [1.29, 1.82) is 0 Å². The van der Waals surface area contributed by atoms with Crippen molar-refractivity contribution >= 4 is 11.6 Å². The molecule has 1 unspecified atom stereocenters. The van der Waals surface area contributed by atoms with E-state index in [4.69, 9.17) is 14.4 Å². The molecule has 1 amide bonds. The number of aryl methyl sites for hydroxylation is 2. The Bertz CT molecular complexity index is 1060. The summed E-state index contributed by atoms with van der Waals surface area (Å²) in [5, 5.41) is 11.8. The highest BCUT2D eigenvalue weighted by Crippen LogP contribution is 2.34. The lowest BCUT2D eigenvalue weighted by Crippen LogP contribution is -2.42. The largest absolute Gasteiger partial charge is 0.382 e. The number of piperidine rings is 1. The number of aromatic nitrogens is 4. The van der Waals surface area contributed by atoms with Crippen LogP contribution >= 0.6 is 0 Å². The number of amides is 1. The van der Waals surface area contributed by atoms with Crippen LogP contribution < -0.4 is 5.32 Å². The Hall–Kier alpha value is -2.78. The first-order valence-corrected chi connectivity index (χ1v) is 11.4. The second-order valence-corrected chi connectivity index (χ2v) is 8.42. The monoisotopic (exact) mass is 440 g/mol. The van der Waals surface area contributed by atoms with Crippen LogP contribution in [0.2, 0.25) is 0 Å². The number of likely N-dealkylation sites (tertiary alicyclic amines) is 1. The van der Waals surface area contributed by atoms with Crippen molar-refractivity contribution in [3.8, 4) is 11.3 Å². The van der Waals surface area contributed by atoms with Gasteiger partial charge in [-0.15, -0.1) is 0 Å². The summed E-state index contributed by atoms with van der Waals surface area (Å²) in [7, 11) is 0. The predicted molar refractivity (Wildman–Crippen MR) is 120 cm³/mol. The fraction of sp³-hybridized carbons (Fsp3) is 0.565. The van der Waals surface area contributed by atoms with Crippen LogP contribution in [0.25, 0.3) is 17.0 Å². The summed E-state index contributed by atoms with van der Waals surface area (Å²) in [6.45, 7) is 9.96. The van der Waals surface area contributed by atoms with Gasteiger partial charge in [-0.1, -0.05) is 5.16 Å². The summed E-state index contributed by atoms with van der Waals surface area (Å²) in [6.07, 6.45) is 4.72. The van der Waals surface area contributed by atoms with Gasteiger partial charge in [0, 0.05) is 50.6 Å². The molecule has 1 atom stereocenters. The van der Waals surface area contributed by atoms with Crippen LogP contribution in [-0.2, 0) is 9.53 Å². The van der Waals surface area contributed by atoms with Gasteiger partial charge in [0.25, 0.3) is 0 Å². The third kappa shape index (κ3) is 5.16. The van der Waals surface area contributed by atoms with Crippen molar-refractivity contribution in [1.82, 2.24) is 30.0 Å². The van der Waals surface area contributed by atoms with Crippen LogP contribution in [0.15, 0.2) is 22.9 Å². The number of hydrogen-bond acceptors (Lipinski definition) is 7. The van der Waals surface area contributed by atoms with Crippen molar-refractivity contribution in [2.45, 2.75) is 46.0 Å². The molecule has 32 heavy (non-hydrogen) atoms. The van der Waals surface area contributed by atoms with E-state index in [9.17, 15) is 4.79 Å². The van der Waals surface area contributed by atoms with Gasteiger partial charge in [-0.2, -0.15) is 5.10 Å². The van der Waals surface area contributed by atoms with Gasteiger partial charge < -0.3 is 14.6 Å². The number of nitrogens with one attached hydrogen (secondary N) is 1. The van der Waals surface area contributed by atoms with E-state index in [0.29, 0.717) is 32.1 Å². The topological polar surface area (TPSA) is 97.8 Å². The SMILES string of the molecule is CCOCCCNC(=O)CN1CCCC(c2c(-c3cc(C)no3)cnc3cc(C)nn23)C1. The molecule has 9 heteroatoms. The molecule has 1 N–H and O–H groups in total. The van der Waals surface area contributed by atoms with Crippen LogP contribution in [0, 0.1) is 13.8 Å². The highest BCUT2D eigenvalue weighted by molar-refractivity contribution is 5.78. The average molecular weight is 441 g/mol. The minimum Gasteiger partial charge on any atom is -0.382 e. The second kappa shape index (κ2) is 10.2. The Morgan fingerprint density at radius 2 is 2.19 bits per heavy atom. The van der Waals surface area contributed by atoms with Crippen molar-refractivity contribution in [2.24, 2.45) is 0 Å². The van der Waals surface area contributed by atoms with E-state index < -0.39 is 0 Å². The summed E-state index contributed by atoms with van der Waals surface area (Å²) < 4.78 is 12.8. The third-order valence-electron chi connectivity index (χ3n) is 5.79. The van der Waals surface area contributed by atoms with E-state index >= 15 is 0 Å². The smallest absolute Gasteiger partial charge is 0.234 e. The standard InChI is InChI=1S/C23H32N6O3/c1-4-31-10-6-8-24-22(30)15-28-9-5-7-18(14-28)23-19(20-11-17(3)27-32-20)13-25-21-12-16(2)26-29(21)23/h11-13,18H,4-10,14-15H2,1-3H3,(H,24,30). The van der Waals surface area contributed by atoms with Crippen LogP contribution in [0.4, 0.5) is 0 Å². The summed E-state index contributed by atoms with van der Waals surface area (Å²) in [4.78, 5) is 19.3. The van der Waals surface area contributed by atoms with Crippen molar-refractivity contribution in [3.63, 3.8) is 0 Å². The molecule has 1 fully saturated rings. The zero-order chi connectivity index (χ0) is 22.5. The van der Waals surface area contributed by atoms with Gasteiger partial charge in [-0.3, -0.25) is 9.69 Å². The number of carbonyl (C=O) groups is 1. The quantitative estimate of drug-likeness (QED) is 0.511. The van der Waals surface area contributed by atoms with E-state index in [0.717, 1.165) is 60.6 Å². The van der Waals surface area contributed by atoms with Gasteiger partial charge >= 0.3 is 0 Å². The molecule has 0 saturated carbocycles. The Balaban J connectivity index is 1.51. The van der Waals surface area contributed by atoms with E-state index in [-0.39, 0.29) is 11.8 Å². The van der Waals surface area contributed by atoms with Gasteiger partial charge in [0.2, 0.25) is 5.91 Å². The highest BCUT2D eigenvalue weighted by atomic mass is 16.5. The van der Waals surface area contributed by atoms with Gasteiger partial charge in [-0.25, -0.2) is 9.50 Å². The summed E-state index contributed by atoms with van der Waals surface area (Å²) in [6, 6.07) is 3.91. The molecular formula is C23H32N6O3. The molecule has 0 aliphatic carbocycles. The molecule has 1 aliphatic rings. The molecule has 3 aromatic rings. The zero-order valence-electron chi connectivity index (χ0n) is 19.1. The van der Waals surface area contributed by atoms with Crippen molar-refractivity contribution < 1.29 is 14.1 Å². The number of ether oxygens (including phenoxy) is 1. The number of nitrogens with zero attached hydrogens (tertiary/aromatic N) is 5. The first kappa shape index (κ1) is 22.4. The zero-order valence-corrected chi connectivity index (χ0v) is 19.1. The Labute approximate surface area is 188 Å². The van der Waals surface area contributed by atoms with Gasteiger partial charge in [0.15, 0.2) is 11.4 Å². The van der Waals surface area contributed by atoms with E-state index in [2.05, 4.69) is 20.4 Å². The molecule has 4 rings (SSSR count). The molecule has 0 radical (unpaired) electrons. The Kier molecular flexibility index (Phi) is 7.16. The molecule has 9 nitrogen and oxygen atoms in total. The molecule has 1 saturated heterocycles. The van der Waals surface area contributed by atoms with Gasteiger partial charge in [-0.05, 0) is 46.6 Å². The molecule has 0 bridgehead atoms. The van der Waals surface area contributed by atoms with Gasteiger partial charge in [0.05, 0.1) is 29.2 Å². The lowest BCUT2D eigenvalue weighted by molar-refractivity contribution is -0.122. The minimum absolute atomic E-state index is 0.0584. The highest BCUT2D eigenvalue weighted by Gasteiger charge is 2.29. The van der Waals surface area contributed by atoms with Crippen molar-refractivity contribution in [2.75, 3.05) is 39.4 Å².